The van der Waals surface area contributed by atoms with Gasteiger partial charge in [0, 0.05) is 29.2 Å². The van der Waals surface area contributed by atoms with Crippen LogP contribution in [0.3, 0.4) is 0 Å². The Morgan fingerprint density at radius 2 is 1.82 bits per heavy atom. The molecule has 0 radical (unpaired) electrons. The van der Waals surface area contributed by atoms with Gasteiger partial charge >= 0.3 is 6.18 Å². The Labute approximate surface area is 186 Å². The number of hydrogen-bond donors (Lipinski definition) is 1. The molecule has 1 atom stereocenters. The quantitative estimate of drug-likeness (QED) is 0.582. The Morgan fingerprint density at radius 3 is 2.42 bits per heavy atom. The first-order chi connectivity index (χ1) is 15.5. The first-order valence-electron chi connectivity index (χ1n) is 9.98. The standard InChI is InChI=1S/C22H19F4N5O2/c1-11-6-14(7-12(2)28-11)20(32)29-18-9-27-31-13(3)10-30(21(33)19(18)31)15-4-5-16(17(23)8-15)22(24,25)26/h4-9,13H,10H2,1-3H3,(H,29,32)/t13-/m0/s1. The molecule has 3 heterocycles. The van der Waals surface area contributed by atoms with Gasteiger partial charge in [-0.3, -0.25) is 19.3 Å². The molecule has 4 rings (SSSR count). The number of halogens is 4. The minimum atomic E-state index is -4.85. The molecule has 0 unspecified atom stereocenters. The lowest BCUT2D eigenvalue weighted by molar-refractivity contribution is -0.139. The molecule has 1 aliphatic rings. The van der Waals surface area contributed by atoms with Crippen molar-refractivity contribution >= 4 is 23.2 Å². The molecule has 172 valence electrons. The number of aromatic nitrogens is 3. The molecule has 3 aromatic rings. The van der Waals surface area contributed by atoms with Crippen molar-refractivity contribution in [3.63, 3.8) is 0 Å². The molecule has 0 saturated heterocycles. The Bertz CT molecular complexity index is 1250. The number of pyridine rings is 1. The van der Waals surface area contributed by atoms with Crippen molar-refractivity contribution in [2.24, 2.45) is 0 Å². The lowest BCUT2D eigenvalue weighted by atomic mass is 10.1. The molecule has 0 spiro atoms. The predicted octanol–water partition coefficient (Wildman–Crippen LogP) is 4.53. The van der Waals surface area contributed by atoms with Crippen molar-refractivity contribution in [1.82, 2.24) is 14.8 Å². The zero-order valence-corrected chi connectivity index (χ0v) is 17.9. The minimum absolute atomic E-state index is 0.0255. The lowest BCUT2D eigenvalue weighted by Crippen LogP contribution is -2.43. The van der Waals surface area contributed by atoms with Crippen LogP contribution in [0.25, 0.3) is 0 Å². The maximum atomic E-state index is 14.1. The highest BCUT2D eigenvalue weighted by atomic mass is 19.4. The molecule has 0 aliphatic carbocycles. The summed E-state index contributed by atoms with van der Waals surface area (Å²) in [5, 5.41) is 6.85. The van der Waals surface area contributed by atoms with Crippen LogP contribution in [-0.4, -0.2) is 33.1 Å². The maximum absolute atomic E-state index is 14.1. The Hall–Kier alpha value is -3.76. The van der Waals surface area contributed by atoms with Gasteiger partial charge in [-0.15, -0.1) is 0 Å². The molecule has 2 aromatic heterocycles. The molecular formula is C22H19F4N5O2. The van der Waals surface area contributed by atoms with Gasteiger partial charge in [0.15, 0.2) is 5.69 Å². The molecule has 0 saturated carbocycles. The fraction of sp³-hybridized carbons (Fsp3) is 0.273. The van der Waals surface area contributed by atoms with Crippen LogP contribution in [0.5, 0.6) is 0 Å². The molecule has 11 heteroatoms. The third-order valence-electron chi connectivity index (χ3n) is 5.27. The van der Waals surface area contributed by atoms with Gasteiger partial charge in [0.05, 0.1) is 23.5 Å². The van der Waals surface area contributed by atoms with Crippen LogP contribution in [0.2, 0.25) is 0 Å². The summed E-state index contributed by atoms with van der Waals surface area (Å²) in [6, 6.07) is 5.15. The second-order valence-corrected chi connectivity index (χ2v) is 7.87. The van der Waals surface area contributed by atoms with Crippen molar-refractivity contribution in [1.29, 1.82) is 0 Å². The third-order valence-corrected chi connectivity index (χ3v) is 5.27. The first-order valence-corrected chi connectivity index (χ1v) is 9.98. The van der Waals surface area contributed by atoms with Gasteiger partial charge in [0.2, 0.25) is 0 Å². The van der Waals surface area contributed by atoms with Gasteiger partial charge in [-0.05, 0) is 51.1 Å². The van der Waals surface area contributed by atoms with E-state index < -0.39 is 29.4 Å². The fourth-order valence-electron chi connectivity index (χ4n) is 3.84. The van der Waals surface area contributed by atoms with Crippen LogP contribution in [0.1, 0.15) is 50.8 Å². The molecule has 33 heavy (non-hydrogen) atoms. The number of rotatable bonds is 3. The molecule has 0 fully saturated rings. The average molecular weight is 461 g/mol. The second-order valence-electron chi connectivity index (χ2n) is 7.87. The van der Waals surface area contributed by atoms with Crippen LogP contribution in [0.15, 0.2) is 36.5 Å². The number of carbonyl (C=O) groups excluding carboxylic acids is 2. The first kappa shape index (κ1) is 22.4. The van der Waals surface area contributed by atoms with E-state index in [9.17, 15) is 27.2 Å². The van der Waals surface area contributed by atoms with E-state index in [4.69, 9.17) is 0 Å². The van der Waals surface area contributed by atoms with Gasteiger partial charge in [0.25, 0.3) is 11.8 Å². The largest absolute Gasteiger partial charge is 0.419 e. The van der Waals surface area contributed by atoms with Crippen LogP contribution in [0.4, 0.5) is 28.9 Å². The zero-order chi connectivity index (χ0) is 24.1. The number of nitrogens with zero attached hydrogens (tertiary/aromatic N) is 4. The van der Waals surface area contributed by atoms with E-state index in [0.717, 1.165) is 6.07 Å². The van der Waals surface area contributed by atoms with Gasteiger partial charge in [-0.25, -0.2) is 4.39 Å². The minimum Gasteiger partial charge on any atom is -0.319 e. The van der Waals surface area contributed by atoms with Crippen LogP contribution in [0, 0.1) is 19.7 Å². The van der Waals surface area contributed by atoms with Gasteiger partial charge in [0.1, 0.15) is 5.82 Å². The summed E-state index contributed by atoms with van der Waals surface area (Å²) >= 11 is 0. The van der Waals surface area contributed by atoms with Gasteiger partial charge in [-0.1, -0.05) is 0 Å². The summed E-state index contributed by atoms with van der Waals surface area (Å²) < 4.78 is 54.3. The molecule has 1 aliphatic heterocycles. The third kappa shape index (κ3) is 4.18. The van der Waals surface area contributed by atoms with Gasteiger partial charge in [-0.2, -0.15) is 18.3 Å². The van der Waals surface area contributed by atoms with Crippen LogP contribution >= 0.6 is 0 Å². The smallest absolute Gasteiger partial charge is 0.319 e. The fourth-order valence-corrected chi connectivity index (χ4v) is 3.84. The summed E-state index contributed by atoms with van der Waals surface area (Å²) in [4.78, 5) is 31.4. The van der Waals surface area contributed by atoms with Crippen molar-refractivity contribution in [3.8, 4) is 0 Å². The number of aryl methyl sites for hydroxylation is 2. The molecule has 0 bridgehead atoms. The van der Waals surface area contributed by atoms with E-state index in [1.165, 1.54) is 15.8 Å². The Morgan fingerprint density at radius 1 is 1.15 bits per heavy atom. The zero-order valence-electron chi connectivity index (χ0n) is 17.9. The predicted molar refractivity (Wildman–Crippen MR) is 112 cm³/mol. The number of carbonyl (C=O) groups is 2. The van der Waals surface area contributed by atoms with Crippen LogP contribution in [-0.2, 0) is 6.18 Å². The van der Waals surface area contributed by atoms with E-state index in [0.29, 0.717) is 29.1 Å². The second kappa shape index (κ2) is 7.98. The lowest BCUT2D eigenvalue weighted by Gasteiger charge is -2.32. The van der Waals surface area contributed by atoms with Crippen molar-refractivity contribution in [2.75, 3.05) is 16.8 Å². The number of hydrogen-bond acceptors (Lipinski definition) is 4. The molecule has 2 amide bonds. The van der Waals surface area contributed by atoms with Gasteiger partial charge < -0.3 is 10.2 Å². The molecular weight excluding hydrogens is 442 g/mol. The number of amides is 2. The summed E-state index contributed by atoms with van der Waals surface area (Å²) in [5.41, 5.74) is 0.394. The number of benzene rings is 1. The molecule has 1 aromatic carbocycles. The monoisotopic (exact) mass is 461 g/mol. The highest BCUT2D eigenvalue weighted by Crippen LogP contribution is 2.35. The van der Waals surface area contributed by atoms with Crippen molar-refractivity contribution in [2.45, 2.75) is 33.0 Å². The van der Waals surface area contributed by atoms with Crippen molar-refractivity contribution in [3.05, 3.63) is 70.6 Å². The SMILES string of the molecule is Cc1cc(C(=O)Nc2cnn3c2C(=O)N(c2ccc(C(F)(F)F)c(F)c2)C[C@@H]3C)cc(C)n1. The normalized spacial score (nSPS) is 16.0. The van der Waals surface area contributed by atoms with E-state index >= 15 is 0 Å². The number of alkyl halides is 3. The van der Waals surface area contributed by atoms with E-state index in [-0.39, 0.29) is 29.7 Å². The molecule has 7 nitrogen and oxygen atoms in total. The summed E-state index contributed by atoms with van der Waals surface area (Å²) in [7, 11) is 0. The summed E-state index contributed by atoms with van der Waals surface area (Å²) in [6.45, 7) is 5.31. The number of nitrogens with one attached hydrogen (secondary N) is 1. The van der Waals surface area contributed by atoms with Crippen molar-refractivity contribution < 1.29 is 27.2 Å². The van der Waals surface area contributed by atoms with E-state index in [2.05, 4.69) is 15.4 Å². The highest BCUT2D eigenvalue weighted by Gasteiger charge is 2.37. The van der Waals surface area contributed by atoms with Crippen LogP contribution < -0.4 is 10.2 Å². The molecule has 1 N–H and O–H groups in total. The average Bonchev–Trinajstić information content (AvgIpc) is 3.13. The number of fused-ring (bicyclic) bond motifs is 1. The van der Waals surface area contributed by atoms with E-state index in [1.807, 2.05) is 0 Å². The highest BCUT2D eigenvalue weighted by molar-refractivity contribution is 6.13. The summed E-state index contributed by atoms with van der Waals surface area (Å²) in [6.07, 6.45) is -3.51. The Balaban J connectivity index is 1.66. The maximum Gasteiger partial charge on any atom is 0.419 e. The number of anilines is 2. The Kier molecular flexibility index (Phi) is 5.43. The summed E-state index contributed by atoms with van der Waals surface area (Å²) in [5.74, 6) is -2.57. The van der Waals surface area contributed by atoms with E-state index in [1.54, 1.807) is 32.9 Å². The topological polar surface area (TPSA) is 80.1 Å².